The first kappa shape index (κ1) is 18.2. The van der Waals surface area contributed by atoms with E-state index in [-0.39, 0.29) is 10.7 Å². The van der Waals surface area contributed by atoms with Gasteiger partial charge in [-0.1, -0.05) is 11.6 Å². The molecule has 0 bridgehead atoms. The highest BCUT2D eigenvalue weighted by molar-refractivity contribution is 7.13. The molecule has 1 N–H and O–H groups in total. The molecule has 1 aromatic heterocycles. The van der Waals surface area contributed by atoms with E-state index in [1.807, 2.05) is 6.07 Å². The molecule has 26 heavy (non-hydrogen) atoms. The largest absolute Gasteiger partial charge is 0.493 e. The quantitative estimate of drug-likeness (QED) is 0.672. The zero-order valence-corrected chi connectivity index (χ0v) is 15.5. The van der Waals surface area contributed by atoms with Crippen LogP contribution in [0.3, 0.4) is 0 Å². The molecule has 5 nitrogen and oxygen atoms in total. The Bertz CT molecular complexity index is 961. The molecule has 134 valence electrons. The lowest BCUT2D eigenvalue weighted by molar-refractivity contribution is 0.102. The van der Waals surface area contributed by atoms with E-state index in [9.17, 15) is 9.18 Å². The molecule has 0 fully saturated rings. The van der Waals surface area contributed by atoms with Gasteiger partial charge in [-0.25, -0.2) is 9.37 Å². The Balaban J connectivity index is 1.82. The number of hydrogen-bond acceptors (Lipinski definition) is 5. The Labute approximate surface area is 158 Å². The number of nitrogens with one attached hydrogen (secondary N) is 1. The minimum atomic E-state index is -0.475. The predicted octanol–water partition coefficient (Wildman–Crippen LogP) is 4.87. The number of hydrogen-bond donors (Lipinski definition) is 1. The van der Waals surface area contributed by atoms with Gasteiger partial charge in [-0.2, -0.15) is 0 Å². The lowest BCUT2D eigenvalue weighted by Gasteiger charge is -2.08. The molecule has 0 radical (unpaired) electrons. The maximum absolute atomic E-state index is 13.1. The van der Waals surface area contributed by atoms with Crippen molar-refractivity contribution < 1.29 is 18.7 Å². The zero-order chi connectivity index (χ0) is 18.7. The van der Waals surface area contributed by atoms with Crippen LogP contribution < -0.4 is 14.8 Å². The predicted molar refractivity (Wildman–Crippen MR) is 100 cm³/mol. The number of thiazole rings is 1. The SMILES string of the molecule is COc1ccc(-c2nc(C(=O)Nc3ccc(F)cc3Cl)cs2)cc1OC. The third-order valence-corrected chi connectivity index (χ3v) is 4.75. The van der Waals surface area contributed by atoms with E-state index in [0.29, 0.717) is 22.2 Å². The van der Waals surface area contributed by atoms with Crippen LogP contribution in [0.4, 0.5) is 10.1 Å². The summed E-state index contributed by atoms with van der Waals surface area (Å²) in [5.41, 5.74) is 1.35. The van der Waals surface area contributed by atoms with E-state index in [1.54, 1.807) is 31.7 Å². The number of rotatable bonds is 5. The second-order valence-electron chi connectivity index (χ2n) is 5.19. The van der Waals surface area contributed by atoms with Crippen LogP contribution in [0.25, 0.3) is 10.6 Å². The van der Waals surface area contributed by atoms with Crippen LogP contribution in [0, 0.1) is 5.82 Å². The van der Waals surface area contributed by atoms with Crippen LogP contribution in [-0.2, 0) is 0 Å². The van der Waals surface area contributed by atoms with Gasteiger partial charge in [0, 0.05) is 10.9 Å². The number of nitrogens with zero attached hydrogens (tertiary/aromatic N) is 1. The first-order valence-corrected chi connectivity index (χ1v) is 8.72. The topological polar surface area (TPSA) is 60.5 Å². The minimum absolute atomic E-state index is 0.119. The molecule has 0 aliphatic rings. The molecule has 0 aliphatic carbocycles. The number of benzene rings is 2. The summed E-state index contributed by atoms with van der Waals surface area (Å²) in [6, 6.07) is 9.14. The minimum Gasteiger partial charge on any atom is -0.493 e. The maximum atomic E-state index is 13.1. The van der Waals surface area contributed by atoms with Crippen LogP contribution in [0.5, 0.6) is 11.5 Å². The number of anilines is 1. The van der Waals surface area contributed by atoms with Crippen LogP contribution in [0.2, 0.25) is 5.02 Å². The summed E-state index contributed by atoms with van der Waals surface area (Å²) in [4.78, 5) is 16.7. The lowest BCUT2D eigenvalue weighted by Crippen LogP contribution is -2.12. The van der Waals surface area contributed by atoms with Crippen molar-refractivity contribution >= 4 is 34.5 Å². The molecule has 0 saturated heterocycles. The number of amides is 1. The van der Waals surface area contributed by atoms with E-state index in [0.717, 1.165) is 11.6 Å². The molecule has 3 aromatic rings. The Morgan fingerprint density at radius 2 is 1.92 bits per heavy atom. The standard InChI is InChI=1S/C18H14ClFN2O3S/c1-24-15-6-3-10(7-16(15)25-2)18-22-14(9-26-18)17(23)21-13-5-4-11(20)8-12(13)19/h3-9H,1-2H3,(H,21,23). The number of halogens is 2. The molecule has 0 saturated carbocycles. The fourth-order valence-electron chi connectivity index (χ4n) is 2.26. The van der Waals surface area contributed by atoms with Crippen molar-refractivity contribution in [1.29, 1.82) is 0 Å². The van der Waals surface area contributed by atoms with Crippen LogP contribution in [0.1, 0.15) is 10.5 Å². The van der Waals surface area contributed by atoms with Crippen molar-refractivity contribution in [1.82, 2.24) is 4.98 Å². The van der Waals surface area contributed by atoms with Crippen LogP contribution >= 0.6 is 22.9 Å². The molecular weight excluding hydrogens is 379 g/mol. The van der Waals surface area contributed by atoms with Crippen molar-refractivity contribution in [2.45, 2.75) is 0 Å². The number of ether oxygens (including phenoxy) is 2. The average Bonchev–Trinajstić information content (AvgIpc) is 3.13. The van der Waals surface area contributed by atoms with Gasteiger partial charge >= 0.3 is 0 Å². The second-order valence-corrected chi connectivity index (χ2v) is 6.45. The third kappa shape index (κ3) is 3.79. The van der Waals surface area contributed by atoms with Crippen molar-refractivity contribution in [3.63, 3.8) is 0 Å². The molecular formula is C18H14ClFN2O3S. The Morgan fingerprint density at radius 3 is 2.62 bits per heavy atom. The van der Waals surface area contributed by atoms with Crippen molar-refractivity contribution in [2.75, 3.05) is 19.5 Å². The molecule has 0 unspecified atom stereocenters. The molecule has 0 spiro atoms. The summed E-state index contributed by atoms with van der Waals surface area (Å²) in [6.07, 6.45) is 0. The van der Waals surface area contributed by atoms with E-state index in [1.165, 1.54) is 23.5 Å². The van der Waals surface area contributed by atoms with E-state index in [4.69, 9.17) is 21.1 Å². The average molecular weight is 393 g/mol. The summed E-state index contributed by atoms with van der Waals surface area (Å²) in [5, 5.41) is 5.03. The first-order valence-electron chi connectivity index (χ1n) is 7.46. The number of aromatic nitrogens is 1. The second kappa shape index (κ2) is 7.72. The Hall–Kier alpha value is -2.64. The highest BCUT2D eigenvalue weighted by Gasteiger charge is 2.15. The zero-order valence-electron chi connectivity index (χ0n) is 13.9. The Kier molecular flexibility index (Phi) is 5.39. The molecule has 0 atom stereocenters. The van der Waals surface area contributed by atoms with E-state index >= 15 is 0 Å². The van der Waals surface area contributed by atoms with Crippen molar-refractivity contribution in [3.05, 3.63) is 58.3 Å². The summed E-state index contributed by atoms with van der Waals surface area (Å²) in [7, 11) is 3.11. The number of methoxy groups -OCH3 is 2. The summed E-state index contributed by atoms with van der Waals surface area (Å²) >= 11 is 7.25. The van der Waals surface area contributed by atoms with Gasteiger partial charge in [-0.15, -0.1) is 11.3 Å². The van der Waals surface area contributed by atoms with Gasteiger partial charge in [0.1, 0.15) is 16.5 Å². The van der Waals surface area contributed by atoms with Gasteiger partial charge in [0.25, 0.3) is 5.91 Å². The first-order chi connectivity index (χ1) is 12.5. The normalized spacial score (nSPS) is 10.5. The van der Waals surface area contributed by atoms with E-state index in [2.05, 4.69) is 10.3 Å². The molecule has 1 amide bonds. The highest BCUT2D eigenvalue weighted by Crippen LogP contribution is 2.33. The smallest absolute Gasteiger partial charge is 0.275 e. The van der Waals surface area contributed by atoms with Gasteiger partial charge < -0.3 is 14.8 Å². The lowest BCUT2D eigenvalue weighted by atomic mass is 10.2. The van der Waals surface area contributed by atoms with Crippen LogP contribution in [0.15, 0.2) is 41.8 Å². The van der Waals surface area contributed by atoms with Gasteiger partial charge in [0.15, 0.2) is 11.5 Å². The molecule has 2 aromatic carbocycles. The molecule has 0 aliphatic heterocycles. The molecule has 8 heteroatoms. The summed E-state index contributed by atoms with van der Waals surface area (Å²) < 4.78 is 23.6. The third-order valence-electron chi connectivity index (χ3n) is 3.55. The van der Waals surface area contributed by atoms with Crippen molar-refractivity contribution in [2.24, 2.45) is 0 Å². The van der Waals surface area contributed by atoms with Gasteiger partial charge in [0.2, 0.25) is 0 Å². The highest BCUT2D eigenvalue weighted by atomic mass is 35.5. The maximum Gasteiger partial charge on any atom is 0.275 e. The van der Waals surface area contributed by atoms with Gasteiger partial charge in [-0.3, -0.25) is 4.79 Å². The summed E-state index contributed by atoms with van der Waals surface area (Å²) in [5.74, 6) is 0.278. The number of carbonyl (C=O) groups is 1. The number of carbonyl (C=O) groups excluding carboxylic acids is 1. The fourth-order valence-corrected chi connectivity index (χ4v) is 3.27. The molecule has 1 heterocycles. The Morgan fingerprint density at radius 1 is 1.15 bits per heavy atom. The van der Waals surface area contributed by atoms with Crippen molar-refractivity contribution in [3.8, 4) is 22.1 Å². The summed E-state index contributed by atoms with van der Waals surface area (Å²) in [6.45, 7) is 0. The molecule has 3 rings (SSSR count). The monoisotopic (exact) mass is 392 g/mol. The van der Waals surface area contributed by atoms with Crippen LogP contribution in [-0.4, -0.2) is 25.1 Å². The van der Waals surface area contributed by atoms with Gasteiger partial charge in [0.05, 0.1) is 24.9 Å². The fraction of sp³-hybridized carbons (Fsp3) is 0.111. The van der Waals surface area contributed by atoms with Gasteiger partial charge in [-0.05, 0) is 36.4 Å². The van der Waals surface area contributed by atoms with E-state index < -0.39 is 11.7 Å².